The monoisotopic (exact) mass is 489 g/mol. The lowest BCUT2D eigenvalue weighted by atomic mass is 10.1. The van der Waals surface area contributed by atoms with E-state index in [4.69, 9.17) is 17.3 Å². The number of para-hydroxylation sites is 1. The zero-order valence-corrected chi connectivity index (χ0v) is 19.2. The van der Waals surface area contributed by atoms with Gasteiger partial charge in [-0.25, -0.2) is 4.39 Å². The Morgan fingerprint density at radius 1 is 1.29 bits per heavy atom. The normalized spacial score (nSPS) is 12.9. The van der Waals surface area contributed by atoms with Crippen molar-refractivity contribution in [1.29, 1.82) is 0 Å². The Morgan fingerprint density at radius 3 is 2.71 bits per heavy atom. The second-order valence-electron chi connectivity index (χ2n) is 7.77. The molecule has 0 spiro atoms. The summed E-state index contributed by atoms with van der Waals surface area (Å²) in [5, 5.41) is 17.3. The zero-order chi connectivity index (χ0) is 24.8. The molecule has 180 valence electrons. The molecular weight excluding hydrogens is 465 g/mol. The van der Waals surface area contributed by atoms with Crippen molar-refractivity contribution in [3.05, 3.63) is 64.6 Å². The first-order chi connectivity index (χ1) is 16.3. The first-order valence-electron chi connectivity index (χ1n) is 10.5. The third-order valence-electron chi connectivity index (χ3n) is 5.42. The molecule has 0 fully saturated rings. The van der Waals surface area contributed by atoms with E-state index < -0.39 is 29.7 Å². The molecule has 0 bridgehead atoms. The van der Waals surface area contributed by atoms with Gasteiger partial charge in [0.2, 0.25) is 5.91 Å². The van der Waals surface area contributed by atoms with Crippen LogP contribution in [0.1, 0.15) is 23.0 Å². The predicted octanol–water partition coefficient (Wildman–Crippen LogP) is 1.49. The van der Waals surface area contributed by atoms with Gasteiger partial charge in [-0.1, -0.05) is 41.9 Å². The Kier molecular flexibility index (Phi) is 8.32. The summed E-state index contributed by atoms with van der Waals surface area (Å²) in [6, 6.07) is 9.78. The lowest BCUT2D eigenvalue weighted by molar-refractivity contribution is -0.140. The van der Waals surface area contributed by atoms with Gasteiger partial charge in [0, 0.05) is 24.0 Å². The molecule has 0 aliphatic heterocycles. The van der Waals surface area contributed by atoms with E-state index in [0.717, 1.165) is 0 Å². The van der Waals surface area contributed by atoms with Crippen molar-refractivity contribution in [2.45, 2.75) is 32.1 Å². The van der Waals surface area contributed by atoms with Crippen LogP contribution in [0.25, 0.3) is 10.9 Å². The van der Waals surface area contributed by atoms with Gasteiger partial charge in [-0.2, -0.15) is 5.10 Å². The van der Waals surface area contributed by atoms with Crippen molar-refractivity contribution in [2.75, 3.05) is 13.2 Å². The molecule has 4 N–H and O–H groups in total. The Labute approximate surface area is 200 Å². The highest BCUT2D eigenvalue weighted by atomic mass is 35.5. The second-order valence-corrected chi connectivity index (χ2v) is 8.17. The van der Waals surface area contributed by atoms with Crippen LogP contribution in [0, 0.1) is 5.82 Å². The Balaban J connectivity index is 1.79. The lowest BCUT2D eigenvalue weighted by Gasteiger charge is -2.33. The topological polar surface area (TPSA) is 131 Å². The number of rotatable bonds is 11. The average Bonchev–Trinajstić information content (AvgIpc) is 3.19. The van der Waals surface area contributed by atoms with Gasteiger partial charge < -0.3 is 25.9 Å². The molecule has 34 heavy (non-hydrogen) atoms. The van der Waals surface area contributed by atoms with Crippen molar-refractivity contribution in [2.24, 2.45) is 5.73 Å². The predicted molar refractivity (Wildman–Crippen MR) is 125 cm³/mol. The zero-order valence-electron chi connectivity index (χ0n) is 18.4. The molecule has 2 atom stereocenters. The van der Waals surface area contributed by atoms with E-state index in [2.05, 4.69) is 10.4 Å². The molecule has 0 saturated carbocycles. The third-order valence-corrected chi connectivity index (χ3v) is 5.71. The smallest absolute Gasteiger partial charge is 0.269 e. The summed E-state index contributed by atoms with van der Waals surface area (Å²) >= 11 is 5.80. The number of amides is 2. The molecule has 0 aliphatic rings. The number of nitrogens with zero attached hydrogens (tertiary/aromatic N) is 3. The largest absolute Gasteiger partial charge is 0.394 e. The number of hydrogen-bond donors (Lipinski definition) is 3. The summed E-state index contributed by atoms with van der Waals surface area (Å²) in [5.41, 5.74) is 6.28. The number of nitrogens with one attached hydrogen (secondary N) is 1. The number of carbonyl (C=O) groups is 3. The molecule has 2 aromatic carbocycles. The van der Waals surface area contributed by atoms with Gasteiger partial charge in [-0.3, -0.25) is 14.3 Å². The molecular formula is C23H25ClFN5O4. The molecule has 11 heteroatoms. The van der Waals surface area contributed by atoms with Crippen LogP contribution in [-0.2, 0) is 22.7 Å². The Hall–Kier alpha value is -3.34. The number of aldehydes is 1. The number of hydrogen-bond acceptors (Lipinski definition) is 6. The van der Waals surface area contributed by atoms with Gasteiger partial charge in [-0.15, -0.1) is 0 Å². The van der Waals surface area contributed by atoms with Gasteiger partial charge in [0.1, 0.15) is 24.7 Å². The van der Waals surface area contributed by atoms with E-state index in [1.165, 1.54) is 15.6 Å². The fraction of sp³-hybridized carbons (Fsp3) is 0.304. The van der Waals surface area contributed by atoms with Gasteiger partial charge >= 0.3 is 0 Å². The number of aliphatic hydroxyl groups is 1. The van der Waals surface area contributed by atoms with Crippen LogP contribution >= 0.6 is 11.6 Å². The van der Waals surface area contributed by atoms with Crippen LogP contribution in [0.4, 0.5) is 4.39 Å². The first kappa shape index (κ1) is 25.3. The first-order valence-corrected chi connectivity index (χ1v) is 10.9. The van der Waals surface area contributed by atoms with Gasteiger partial charge in [0.25, 0.3) is 5.91 Å². The highest BCUT2D eigenvalue weighted by Gasteiger charge is 2.29. The molecule has 9 nitrogen and oxygen atoms in total. The van der Waals surface area contributed by atoms with Gasteiger partial charge in [0.05, 0.1) is 23.2 Å². The van der Waals surface area contributed by atoms with Crippen LogP contribution in [0.2, 0.25) is 5.02 Å². The molecule has 3 aromatic rings. The summed E-state index contributed by atoms with van der Waals surface area (Å²) in [4.78, 5) is 38.2. The summed E-state index contributed by atoms with van der Waals surface area (Å²) < 4.78 is 15.5. The van der Waals surface area contributed by atoms with Crippen molar-refractivity contribution < 1.29 is 23.9 Å². The molecule has 1 unspecified atom stereocenters. The van der Waals surface area contributed by atoms with Crippen LogP contribution in [0.5, 0.6) is 0 Å². The number of aromatic nitrogens is 2. The SMILES string of the molecule is C[C@H](CO)N(C(=O)Cn1nc(C(N)=O)c2ccccc21)C(C=O)CNCc1cccc(Cl)c1F. The maximum Gasteiger partial charge on any atom is 0.269 e. The van der Waals surface area contributed by atoms with Crippen molar-refractivity contribution in [3.63, 3.8) is 0 Å². The molecule has 3 rings (SSSR count). The number of primary amides is 1. The maximum absolute atomic E-state index is 14.1. The van der Waals surface area contributed by atoms with Crippen LogP contribution in [0.3, 0.4) is 0 Å². The number of halogens is 2. The fourth-order valence-corrected chi connectivity index (χ4v) is 3.93. The quantitative estimate of drug-likeness (QED) is 0.350. The summed E-state index contributed by atoms with van der Waals surface area (Å²) in [6.07, 6.45) is 0.585. The van der Waals surface area contributed by atoms with Crippen molar-refractivity contribution in [3.8, 4) is 0 Å². The second kappa shape index (κ2) is 11.2. The third kappa shape index (κ3) is 5.41. The molecule has 2 amide bonds. The number of carbonyl (C=O) groups excluding carboxylic acids is 3. The fourth-order valence-electron chi connectivity index (χ4n) is 3.74. The van der Waals surface area contributed by atoms with Crippen LogP contribution in [-0.4, -0.2) is 63.1 Å². The minimum Gasteiger partial charge on any atom is -0.394 e. The van der Waals surface area contributed by atoms with E-state index in [-0.39, 0.29) is 37.0 Å². The number of nitrogens with two attached hydrogens (primary N) is 1. The minimum absolute atomic E-state index is 0.0118. The standard InChI is InChI=1S/C23H25ClFN5O4/c1-14(12-31)30(16(13-32)10-27-9-15-5-4-7-18(24)21(15)25)20(33)11-29-19-8-3-2-6-17(19)22(28-29)23(26)34/h2-8,13-14,16,27,31H,9-12H2,1H3,(H2,26,34)/t14-,16?/m1/s1. The molecule has 1 heterocycles. The van der Waals surface area contributed by atoms with Crippen molar-refractivity contribution in [1.82, 2.24) is 20.0 Å². The summed E-state index contributed by atoms with van der Waals surface area (Å²) in [6.45, 7) is 1.02. The van der Waals surface area contributed by atoms with Crippen LogP contribution in [0.15, 0.2) is 42.5 Å². The number of benzene rings is 2. The molecule has 0 radical (unpaired) electrons. The van der Waals surface area contributed by atoms with Gasteiger partial charge in [0.15, 0.2) is 5.69 Å². The Bertz CT molecular complexity index is 1200. The molecule has 0 saturated heterocycles. The molecule has 0 aliphatic carbocycles. The average molecular weight is 490 g/mol. The van der Waals surface area contributed by atoms with E-state index >= 15 is 0 Å². The van der Waals surface area contributed by atoms with Gasteiger partial charge in [-0.05, 0) is 19.1 Å². The van der Waals surface area contributed by atoms with Crippen molar-refractivity contribution >= 4 is 40.6 Å². The maximum atomic E-state index is 14.1. The highest BCUT2D eigenvalue weighted by Crippen LogP contribution is 2.20. The number of aliphatic hydroxyl groups excluding tert-OH is 1. The minimum atomic E-state index is -0.950. The summed E-state index contributed by atoms with van der Waals surface area (Å²) in [5.74, 6) is -1.79. The molecule has 1 aromatic heterocycles. The highest BCUT2D eigenvalue weighted by molar-refractivity contribution is 6.30. The van der Waals surface area contributed by atoms with Crippen LogP contribution < -0.4 is 11.1 Å². The van der Waals surface area contributed by atoms with E-state index in [1.54, 1.807) is 43.3 Å². The number of fused-ring (bicyclic) bond motifs is 1. The lowest BCUT2D eigenvalue weighted by Crippen LogP contribution is -2.53. The van der Waals surface area contributed by atoms with E-state index in [9.17, 15) is 23.9 Å². The van der Waals surface area contributed by atoms with E-state index in [0.29, 0.717) is 22.8 Å². The van der Waals surface area contributed by atoms with E-state index in [1.807, 2.05) is 0 Å². The Morgan fingerprint density at radius 2 is 2.03 bits per heavy atom. The summed E-state index contributed by atoms with van der Waals surface area (Å²) in [7, 11) is 0.